The van der Waals surface area contributed by atoms with Gasteiger partial charge in [0.2, 0.25) is 5.91 Å². The Hall–Kier alpha value is -2.60. The summed E-state index contributed by atoms with van der Waals surface area (Å²) in [5, 5.41) is 14.6. The Bertz CT molecular complexity index is 637. The first-order valence-corrected chi connectivity index (χ1v) is 6.90. The second kappa shape index (κ2) is 7.42. The van der Waals surface area contributed by atoms with Gasteiger partial charge in [-0.2, -0.15) is 0 Å². The van der Waals surface area contributed by atoms with Crippen LogP contribution in [0.1, 0.15) is 28.4 Å². The first-order valence-electron chi connectivity index (χ1n) is 6.90. The Morgan fingerprint density at radius 2 is 1.95 bits per heavy atom. The summed E-state index contributed by atoms with van der Waals surface area (Å²) in [6.07, 6.45) is 2.71. The predicted molar refractivity (Wildman–Crippen MR) is 79.8 cm³/mol. The molecule has 0 radical (unpaired) electrons. The lowest BCUT2D eigenvalue weighted by atomic mass is 10.1. The first-order chi connectivity index (χ1) is 10.6. The molecule has 0 aliphatic rings. The molecule has 0 aliphatic heterocycles. The second-order valence-electron chi connectivity index (χ2n) is 4.85. The number of carbonyl (C=O) groups is 2. The van der Waals surface area contributed by atoms with Crippen molar-refractivity contribution in [1.29, 1.82) is 0 Å². The fourth-order valence-corrected chi connectivity index (χ4v) is 1.96. The van der Waals surface area contributed by atoms with Crippen LogP contribution in [0.3, 0.4) is 0 Å². The van der Waals surface area contributed by atoms with Gasteiger partial charge >= 0.3 is 0 Å². The molecule has 2 aromatic rings. The van der Waals surface area contributed by atoms with E-state index < -0.39 is 6.04 Å². The van der Waals surface area contributed by atoms with Crippen molar-refractivity contribution in [2.24, 2.45) is 0 Å². The van der Waals surface area contributed by atoms with Crippen molar-refractivity contribution in [3.63, 3.8) is 0 Å². The van der Waals surface area contributed by atoms with Gasteiger partial charge in [0.15, 0.2) is 0 Å². The van der Waals surface area contributed by atoms with E-state index in [1.165, 1.54) is 18.6 Å². The molecule has 1 atom stereocenters. The molecule has 1 aromatic carbocycles. The van der Waals surface area contributed by atoms with Crippen molar-refractivity contribution >= 4 is 11.8 Å². The van der Waals surface area contributed by atoms with Crippen LogP contribution in [-0.2, 0) is 17.9 Å². The number of furan rings is 1. The van der Waals surface area contributed by atoms with Crippen LogP contribution in [0.4, 0.5) is 0 Å². The summed E-state index contributed by atoms with van der Waals surface area (Å²) in [6, 6.07) is 8.14. The molecule has 116 valence electrons. The third kappa shape index (κ3) is 3.95. The van der Waals surface area contributed by atoms with Gasteiger partial charge in [0.1, 0.15) is 12.3 Å². The van der Waals surface area contributed by atoms with E-state index in [4.69, 9.17) is 4.42 Å². The van der Waals surface area contributed by atoms with E-state index in [9.17, 15) is 14.7 Å². The summed E-state index contributed by atoms with van der Waals surface area (Å²) in [5.41, 5.74) is 1.97. The van der Waals surface area contributed by atoms with E-state index in [2.05, 4.69) is 10.6 Å². The maximum Gasteiger partial charge on any atom is 0.255 e. The summed E-state index contributed by atoms with van der Waals surface area (Å²) in [6.45, 7) is 1.81. The summed E-state index contributed by atoms with van der Waals surface area (Å²) < 4.78 is 4.82. The second-order valence-corrected chi connectivity index (χ2v) is 4.85. The Balaban J connectivity index is 1.87. The molecule has 1 heterocycles. The molecule has 2 rings (SSSR count). The fourth-order valence-electron chi connectivity index (χ4n) is 1.96. The van der Waals surface area contributed by atoms with Gasteiger partial charge < -0.3 is 20.2 Å². The third-order valence-electron chi connectivity index (χ3n) is 3.27. The Morgan fingerprint density at radius 1 is 1.23 bits per heavy atom. The Kier molecular flexibility index (Phi) is 5.32. The molecular formula is C16H18N2O4. The third-order valence-corrected chi connectivity index (χ3v) is 3.27. The number of hydrogen-bond donors (Lipinski definition) is 3. The number of hydrogen-bond acceptors (Lipinski definition) is 4. The standard InChI is InChI=1S/C16H18N2O4/c1-11(18-16(21)14-6-7-22-10-14)15(20)17-8-12-4-2-3-5-13(12)9-19/h2-7,10-11,19H,8-9H2,1H3,(H,17,20)(H,18,21). The van der Waals surface area contributed by atoms with Gasteiger partial charge in [-0.1, -0.05) is 24.3 Å². The molecule has 0 aliphatic carbocycles. The highest BCUT2D eigenvalue weighted by Crippen LogP contribution is 2.08. The van der Waals surface area contributed by atoms with E-state index in [0.29, 0.717) is 12.1 Å². The average molecular weight is 302 g/mol. The Morgan fingerprint density at radius 3 is 2.59 bits per heavy atom. The molecule has 3 N–H and O–H groups in total. The van der Waals surface area contributed by atoms with Gasteiger partial charge in [-0.3, -0.25) is 9.59 Å². The van der Waals surface area contributed by atoms with Gasteiger partial charge in [-0.15, -0.1) is 0 Å². The zero-order valence-electron chi connectivity index (χ0n) is 12.2. The number of carbonyl (C=O) groups excluding carboxylic acids is 2. The molecule has 6 heteroatoms. The largest absolute Gasteiger partial charge is 0.472 e. The average Bonchev–Trinajstić information content (AvgIpc) is 3.07. The lowest BCUT2D eigenvalue weighted by Gasteiger charge is -2.14. The van der Waals surface area contributed by atoms with Gasteiger partial charge in [0, 0.05) is 6.54 Å². The number of benzene rings is 1. The monoisotopic (exact) mass is 302 g/mol. The fraction of sp³-hybridized carbons (Fsp3) is 0.250. The van der Waals surface area contributed by atoms with Crippen LogP contribution in [0.5, 0.6) is 0 Å². The van der Waals surface area contributed by atoms with Gasteiger partial charge in [-0.25, -0.2) is 0 Å². The van der Waals surface area contributed by atoms with Crippen molar-refractivity contribution in [2.75, 3.05) is 0 Å². The minimum Gasteiger partial charge on any atom is -0.472 e. The van der Waals surface area contributed by atoms with Gasteiger partial charge in [0.05, 0.1) is 18.4 Å². The van der Waals surface area contributed by atoms with E-state index in [-0.39, 0.29) is 18.4 Å². The lowest BCUT2D eigenvalue weighted by molar-refractivity contribution is -0.122. The molecule has 0 saturated carbocycles. The maximum atomic E-state index is 12.0. The minimum absolute atomic E-state index is 0.0845. The predicted octanol–water partition coefficient (Wildman–Crippen LogP) is 1.21. The molecule has 2 amide bonds. The topological polar surface area (TPSA) is 91.6 Å². The number of amides is 2. The van der Waals surface area contributed by atoms with Gasteiger partial charge in [-0.05, 0) is 24.1 Å². The van der Waals surface area contributed by atoms with Crippen LogP contribution in [0.25, 0.3) is 0 Å². The molecular weight excluding hydrogens is 284 g/mol. The van der Waals surface area contributed by atoms with E-state index in [1.807, 2.05) is 18.2 Å². The van der Waals surface area contributed by atoms with Crippen molar-refractivity contribution in [1.82, 2.24) is 10.6 Å². The highest BCUT2D eigenvalue weighted by molar-refractivity contribution is 5.97. The van der Waals surface area contributed by atoms with Crippen molar-refractivity contribution in [2.45, 2.75) is 26.1 Å². The van der Waals surface area contributed by atoms with Crippen molar-refractivity contribution < 1.29 is 19.1 Å². The van der Waals surface area contributed by atoms with E-state index >= 15 is 0 Å². The molecule has 0 spiro atoms. The number of aliphatic hydroxyl groups excluding tert-OH is 1. The molecule has 0 fully saturated rings. The quantitative estimate of drug-likeness (QED) is 0.748. The summed E-state index contributed by atoms with van der Waals surface area (Å²) in [4.78, 5) is 23.8. The number of rotatable bonds is 6. The first kappa shape index (κ1) is 15.8. The lowest BCUT2D eigenvalue weighted by Crippen LogP contribution is -2.44. The molecule has 1 aromatic heterocycles. The SMILES string of the molecule is CC(NC(=O)c1ccoc1)C(=O)NCc1ccccc1CO. The molecule has 1 unspecified atom stereocenters. The van der Waals surface area contributed by atoms with E-state index in [1.54, 1.807) is 13.0 Å². The van der Waals surface area contributed by atoms with Crippen LogP contribution in [0.2, 0.25) is 0 Å². The number of nitrogens with one attached hydrogen (secondary N) is 2. The summed E-state index contributed by atoms with van der Waals surface area (Å²) in [7, 11) is 0. The molecule has 6 nitrogen and oxygen atoms in total. The van der Waals surface area contributed by atoms with Crippen LogP contribution in [-0.4, -0.2) is 23.0 Å². The van der Waals surface area contributed by atoms with Crippen LogP contribution in [0, 0.1) is 0 Å². The smallest absolute Gasteiger partial charge is 0.255 e. The van der Waals surface area contributed by atoms with Crippen molar-refractivity contribution in [3.05, 3.63) is 59.5 Å². The minimum atomic E-state index is -0.677. The normalized spacial score (nSPS) is 11.7. The van der Waals surface area contributed by atoms with Gasteiger partial charge in [0.25, 0.3) is 5.91 Å². The zero-order chi connectivity index (χ0) is 15.9. The van der Waals surface area contributed by atoms with Crippen LogP contribution < -0.4 is 10.6 Å². The maximum absolute atomic E-state index is 12.0. The highest BCUT2D eigenvalue weighted by Gasteiger charge is 2.17. The summed E-state index contributed by atoms with van der Waals surface area (Å²) >= 11 is 0. The summed E-state index contributed by atoms with van der Waals surface area (Å²) in [5.74, 6) is -0.670. The molecule has 0 bridgehead atoms. The van der Waals surface area contributed by atoms with Crippen molar-refractivity contribution in [3.8, 4) is 0 Å². The van der Waals surface area contributed by atoms with E-state index in [0.717, 1.165) is 11.1 Å². The molecule has 22 heavy (non-hydrogen) atoms. The zero-order valence-corrected chi connectivity index (χ0v) is 12.2. The van der Waals surface area contributed by atoms with Crippen LogP contribution >= 0.6 is 0 Å². The van der Waals surface area contributed by atoms with Crippen LogP contribution in [0.15, 0.2) is 47.3 Å². The number of aliphatic hydroxyl groups is 1. The highest BCUT2D eigenvalue weighted by atomic mass is 16.3. The molecule has 0 saturated heterocycles. The Labute approximate surface area is 128 Å².